The molecular formula is C14H17BN2+. The van der Waals surface area contributed by atoms with Crippen molar-refractivity contribution in [2.24, 2.45) is 0 Å². The summed E-state index contributed by atoms with van der Waals surface area (Å²) in [6, 6.07) is 2.26. The average Bonchev–Trinajstić information content (AvgIpc) is 2.68. The number of hydrogen-bond donors (Lipinski definition) is 0. The van der Waals surface area contributed by atoms with E-state index in [0.717, 1.165) is 0 Å². The third-order valence-electron chi connectivity index (χ3n) is 3.78. The van der Waals surface area contributed by atoms with Gasteiger partial charge in [-0.1, -0.05) is 0 Å². The lowest BCUT2D eigenvalue weighted by atomic mass is 9.95. The van der Waals surface area contributed by atoms with Gasteiger partial charge in [0.25, 0.3) is 0 Å². The number of aryl methyl sites for hydroxylation is 2. The Kier molecular flexibility index (Phi) is 2.03. The van der Waals surface area contributed by atoms with E-state index in [1.54, 1.807) is 0 Å². The van der Waals surface area contributed by atoms with Crippen LogP contribution in [0.15, 0.2) is 23.4 Å². The lowest BCUT2D eigenvalue weighted by Gasteiger charge is -2.17. The zero-order chi connectivity index (χ0) is 12.3. The van der Waals surface area contributed by atoms with Crippen LogP contribution in [0.4, 0.5) is 0 Å². The molecule has 0 aliphatic carbocycles. The monoisotopic (exact) mass is 224 g/mol. The second kappa shape index (κ2) is 3.25. The van der Waals surface area contributed by atoms with Crippen molar-refractivity contribution in [2.75, 3.05) is 0 Å². The fourth-order valence-electron chi connectivity index (χ4n) is 3.11. The molecule has 0 fully saturated rings. The summed E-state index contributed by atoms with van der Waals surface area (Å²) in [7, 11) is 2.21. The van der Waals surface area contributed by atoms with Crippen LogP contribution in [0.25, 0.3) is 5.57 Å². The van der Waals surface area contributed by atoms with E-state index in [1.807, 2.05) is 0 Å². The van der Waals surface area contributed by atoms with E-state index in [-0.39, 0.29) is 0 Å². The number of fused-ring (bicyclic) bond motifs is 2. The van der Waals surface area contributed by atoms with Crippen molar-refractivity contribution in [3.63, 3.8) is 0 Å². The quantitative estimate of drug-likeness (QED) is 0.598. The van der Waals surface area contributed by atoms with Gasteiger partial charge in [0.2, 0.25) is 0 Å². The zero-order valence-corrected chi connectivity index (χ0v) is 11.1. The Labute approximate surface area is 103 Å². The maximum atomic E-state index is 2.30. The highest BCUT2D eigenvalue weighted by Crippen LogP contribution is 2.33. The van der Waals surface area contributed by atoms with Crippen molar-refractivity contribution in [3.8, 4) is 0 Å². The Balaban J connectivity index is 2.35. The van der Waals surface area contributed by atoms with E-state index in [2.05, 4.69) is 63.3 Å². The van der Waals surface area contributed by atoms with Gasteiger partial charge in [0.15, 0.2) is 11.4 Å². The molecule has 0 unspecified atom stereocenters. The summed E-state index contributed by atoms with van der Waals surface area (Å²) in [4.78, 5) is 0. The summed E-state index contributed by atoms with van der Waals surface area (Å²) >= 11 is 0. The number of allylic oxidation sites excluding steroid dienone is 3. The number of hydrogen-bond acceptors (Lipinski definition) is 0. The molecular weight excluding hydrogens is 207 g/mol. The van der Waals surface area contributed by atoms with Gasteiger partial charge in [0, 0.05) is 35.5 Å². The molecule has 17 heavy (non-hydrogen) atoms. The predicted octanol–water partition coefficient (Wildman–Crippen LogP) is 2.67. The van der Waals surface area contributed by atoms with Gasteiger partial charge in [-0.05, 0) is 39.3 Å². The SMILES string of the molecule is CC1=CC(C)=[N+]2[B]n3c(C)cc(C)c3C(C)=C12. The summed E-state index contributed by atoms with van der Waals surface area (Å²) in [5.41, 5.74) is 9.42. The molecule has 3 heteroatoms. The molecule has 2 aliphatic rings. The first-order valence-electron chi connectivity index (χ1n) is 6.07. The predicted molar refractivity (Wildman–Crippen MR) is 72.4 cm³/mol. The fraction of sp³-hybridized carbons (Fsp3) is 0.357. The highest BCUT2D eigenvalue weighted by molar-refractivity contribution is 6.29. The van der Waals surface area contributed by atoms with Crippen LogP contribution in [0.2, 0.25) is 0 Å². The van der Waals surface area contributed by atoms with Crippen LogP contribution in [0.1, 0.15) is 37.7 Å². The molecule has 0 spiro atoms. The first-order chi connectivity index (χ1) is 8.00. The van der Waals surface area contributed by atoms with Crippen LogP contribution in [0, 0.1) is 13.8 Å². The molecule has 0 aromatic carbocycles. The van der Waals surface area contributed by atoms with E-state index in [4.69, 9.17) is 0 Å². The van der Waals surface area contributed by atoms with Crippen LogP contribution < -0.4 is 0 Å². The van der Waals surface area contributed by atoms with Crippen LogP contribution in [-0.2, 0) is 0 Å². The van der Waals surface area contributed by atoms with E-state index in [0.29, 0.717) is 0 Å². The molecule has 2 nitrogen and oxygen atoms in total. The minimum atomic E-state index is 1.30. The maximum absolute atomic E-state index is 2.30. The van der Waals surface area contributed by atoms with Gasteiger partial charge in [-0.2, -0.15) is 0 Å². The molecule has 85 valence electrons. The summed E-state index contributed by atoms with van der Waals surface area (Å²) in [6.45, 7) is 10.9. The minimum Gasteiger partial charge on any atom is -0.322 e. The van der Waals surface area contributed by atoms with Gasteiger partial charge < -0.3 is 4.48 Å². The molecule has 2 aliphatic heterocycles. The molecule has 1 aromatic rings. The van der Waals surface area contributed by atoms with E-state index in [9.17, 15) is 0 Å². The van der Waals surface area contributed by atoms with Crippen molar-refractivity contribution in [3.05, 3.63) is 40.4 Å². The molecule has 0 N–H and O–H groups in total. The second-order valence-electron chi connectivity index (χ2n) is 5.12. The first-order valence-corrected chi connectivity index (χ1v) is 6.07. The smallest absolute Gasteiger partial charge is 0.322 e. The highest BCUT2D eigenvalue weighted by Gasteiger charge is 2.37. The van der Waals surface area contributed by atoms with Crippen molar-refractivity contribution >= 4 is 18.8 Å². The molecule has 0 atom stereocenters. The van der Waals surface area contributed by atoms with Crippen molar-refractivity contribution in [1.82, 2.24) is 4.48 Å². The number of aromatic nitrogens is 1. The van der Waals surface area contributed by atoms with E-state index >= 15 is 0 Å². The lowest BCUT2D eigenvalue weighted by Crippen LogP contribution is -2.31. The van der Waals surface area contributed by atoms with Gasteiger partial charge >= 0.3 is 7.55 Å². The van der Waals surface area contributed by atoms with Crippen LogP contribution in [0.3, 0.4) is 0 Å². The van der Waals surface area contributed by atoms with E-state index < -0.39 is 0 Å². The number of rotatable bonds is 0. The zero-order valence-electron chi connectivity index (χ0n) is 11.1. The van der Waals surface area contributed by atoms with Crippen LogP contribution >= 0.6 is 0 Å². The third kappa shape index (κ3) is 1.25. The van der Waals surface area contributed by atoms with Crippen molar-refractivity contribution in [1.29, 1.82) is 0 Å². The Morgan fingerprint density at radius 2 is 1.82 bits per heavy atom. The summed E-state index contributed by atoms with van der Waals surface area (Å²) < 4.78 is 4.59. The van der Waals surface area contributed by atoms with Gasteiger partial charge in [0.05, 0.1) is 0 Å². The lowest BCUT2D eigenvalue weighted by molar-refractivity contribution is -0.315. The third-order valence-corrected chi connectivity index (χ3v) is 3.78. The molecule has 0 saturated heterocycles. The standard InChI is InChI=1S/C14H17BN2/c1-8-6-10(3)16-13(8)12(5)14-9(2)7-11(4)17(14)15-16/h6-7H,1-5H3/q+1. The summed E-state index contributed by atoms with van der Waals surface area (Å²) in [6.07, 6.45) is 2.26. The van der Waals surface area contributed by atoms with Crippen molar-refractivity contribution < 1.29 is 4.49 Å². The first kappa shape index (κ1) is 10.6. The average molecular weight is 224 g/mol. The molecule has 1 radical (unpaired) electrons. The van der Waals surface area contributed by atoms with Crippen LogP contribution in [-0.4, -0.2) is 22.2 Å². The maximum Gasteiger partial charge on any atom is 0.699 e. The molecule has 0 amide bonds. The fourth-order valence-corrected chi connectivity index (χ4v) is 3.11. The van der Waals surface area contributed by atoms with Crippen molar-refractivity contribution in [2.45, 2.75) is 34.6 Å². The Hall–Kier alpha value is -1.51. The largest absolute Gasteiger partial charge is 0.699 e. The summed E-state index contributed by atoms with van der Waals surface area (Å²) in [5.74, 6) is 0. The summed E-state index contributed by atoms with van der Waals surface area (Å²) in [5, 5.41) is 0. The molecule has 3 rings (SSSR count). The van der Waals surface area contributed by atoms with Crippen LogP contribution in [0.5, 0.6) is 0 Å². The molecule has 0 saturated carbocycles. The molecule has 1 aromatic heterocycles. The van der Waals surface area contributed by atoms with Gasteiger partial charge in [-0.3, -0.25) is 4.49 Å². The molecule has 3 heterocycles. The molecule has 0 bridgehead atoms. The Bertz CT molecular complexity index is 627. The van der Waals surface area contributed by atoms with E-state index in [1.165, 1.54) is 39.5 Å². The minimum absolute atomic E-state index is 1.30. The topological polar surface area (TPSA) is 7.94 Å². The normalized spacial score (nSPS) is 18.1. The Morgan fingerprint density at radius 3 is 2.53 bits per heavy atom. The second-order valence-corrected chi connectivity index (χ2v) is 5.12. The Morgan fingerprint density at radius 1 is 1.12 bits per heavy atom. The van der Waals surface area contributed by atoms with Gasteiger partial charge in [0.1, 0.15) is 0 Å². The number of nitrogens with zero attached hydrogens (tertiary/aromatic N) is 2. The highest BCUT2D eigenvalue weighted by atomic mass is 15.1. The van der Waals surface area contributed by atoms with Gasteiger partial charge in [-0.25, -0.2) is 0 Å². The van der Waals surface area contributed by atoms with Gasteiger partial charge in [-0.15, -0.1) is 0 Å².